The lowest BCUT2D eigenvalue weighted by Gasteiger charge is -2.31. The molecule has 1 N–H and O–H groups in total. The fourth-order valence-electron chi connectivity index (χ4n) is 2.23. The van der Waals surface area contributed by atoms with E-state index in [2.05, 4.69) is 0 Å². The van der Waals surface area contributed by atoms with Crippen molar-refractivity contribution in [3.63, 3.8) is 0 Å². The zero-order valence-corrected chi connectivity index (χ0v) is 12.0. The monoisotopic (exact) mass is 292 g/mol. The van der Waals surface area contributed by atoms with Gasteiger partial charge in [0, 0.05) is 17.2 Å². The first-order chi connectivity index (χ1) is 9.47. The summed E-state index contributed by atoms with van der Waals surface area (Å²) in [5.41, 5.74) is 1.15. The van der Waals surface area contributed by atoms with Gasteiger partial charge in [-0.15, -0.1) is 0 Å². The molecule has 1 aliphatic heterocycles. The van der Waals surface area contributed by atoms with Crippen molar-refractivity contribution in [3.05, 3.63) is 47.7 Å². The van der Waals surface area contributed by atoms with E-state index < -0.39 is 12.6 Å². The van der Waals surface area contributed by atoms with Crippen LogP contribution in [0.25, 0.3) is 0 Å². The minimum Gasteiger partial charge on any atom is -0.486 e. The van der Waals surface area contributed by atoms with Gasteiger partial charge in [-0.2, -0.15) is 0 Å². The summed E-state index contributed by atoms with van der Waals surface area (Å²) in [6, 6.07) is 9.92. The lowest BCUT2D eigenvalue weighted by Crippen LogP contribution is -2.30. The number of allylic oxidation sites excluding steroid dienone is 1. The Balaban J connectivity index is 2.07. The van der Waals surface area contributed by atoms with E-state index in [1.54, 1.807) is 0 Å². The van der Waals surface area contributed by atoms with Crippen LogP contribution in [0.2, 0.25) is 0 Å². The highest BCUT2D eigenvalue weighted by molar-refractivity contribution is 8.15. The largest absolute Gasteiger partial charge is 0.486 e. The molecule has 1 atom stereocenters. The van der Waals surface area contributed by atoms with Crippen molar-refractivity contribution >= 4 is 22.8 Å². The number of hydrogen-bond acceptors (Lipinski definition) is 4. The summed E-state index contributed by atoms with van der Waals surface area (Å²) in [4.78, 5) is 22.3. The Morgan fingerprint density at radius 3 is 2.75 bits per heavy atom. The average molecular weight is 292 g/mol. The van der Waals surface area contributed by atoms with E-state index in [-0.39, 0.29) is 9.86 Å². The molecular weight excluding hydrogens is 276 g/mol. The van der Waals surface area contributed by atoms with Crippen LogP contribution in [-0.4, -0.2) is 27.5 Å². The first kappa shape index (κ1) is 14.7. The molecule has 106 valence electrons. The highest BCUT2D eigenvalue weighted by Crippen LogP contribution is 2.39. The van der Waals surface area contributed by atoms with Crippen molar-refractivity contribution < 1.29 is 19.4 Å². The van der Waals surface area contributed by atoms with Crippen molar-refractivity contribution in [2.45, 2.75) is 24.5 Å². The number of aliphatic carboxylic acids is 1. The Morgan fingerprint density at radius 2 is 2.10 bits per heavy atom. The van der Waals surface area contributed by atoms with E-state index in [4.69, 9.17) is 9.84 Å². The van der Waals surface area contributed by atoms with Crippen molar-refractivity contribution in [1.29, 1.82) is 0 Å². The van der Waals surface area contributed by atoms with Gasteiger partial charge < -0.3 is 9.84 Å². The van der Waals surface area contributed by atoms with Gasteiger partial charge in [0.25, 0.3) is 0 Å². The van der Waals surface area contributed by atoms with E-state index in [9.17, 15) is 9.59 Å². The second-order valence-electron chi connectivity index (χ2n) is 5.00. The van der Waals surface area contributed by atoms with Crippen molar-refractivity contribution in [2.24, 2.45) is 0 Å². The molecule has 0 spiro atoms. The number of benzene rings is 1. The van der Waals surface area contributed by atoms with Gasteiger partial charge in [-0.25, -0.2) is 4.79 Å². The van der Waals surface area contributed by atoms with Gasteiger partial charge in [-0.3, -0.25) is 4.79 Å². The van der Waals surface area contributed by atoms with Crippen LogP contribution in [0.1, 0.15) is 18.9 Å². The van der Waals surface area contributed by atoms with Crippen LogP contribution >= 0.6 is 11.8 Å². The Morgan fingerprint density at radius 1 is 1.40 bits per heavy atom. The van der Waals surface area contributed by atoms with E-state index in [0.29, 0.717) is 12.2 Å². The molecule has 4 nitrogen and oxygen atoms in total. The molecule has 1 aromatic carbocycles. The fourth-order valence-corrected chi connectivity index (χ4v) is 3.36. The molecule has 5 heteroatoms. The molecule has 20 heavy (non-hydrogen) atoms. The molecule has 0 fully saturated rings. The summed E-state index contributed by atoms with van der Waals surface area (Å²) in [7, 11) is 0. The first-order valence-corrected chi connectivity index (χ1v) is 7.11. The summed E-state index contributed by atoms with van der Waals surface area (Å²) in [6.45, 7) is 1.59. The Kier molecular flexibility index (Phi) is 4.49. The lowest BCUT2D eigenvalue weighted by atomic mass is 9.95. The van der Waals surface area contributed by atoms with Crippen LogP contribution in [0.3, 0.4) is 0 Å². The topological polar surface area (TPSA) is 63.6 Å². The molecule has 1 aromatic rings. The number of rotatable bonds is 5. The molecule has 0 saturated carbocycles. The van der Waals surface area contributed by atoms with Gasteiger partial charge in [-0.05, 0) is 18.9 Å². The maximum atomic E-state index is 11.8. The minimum absolute atomic E-state index is 0.0879. The SMILES string of the molecule is C[C@]1(Cc2ccccc2)CC(OCC(=O)O)=CC(=O)S1. The molecule has 1 aliphatic rings. The van der Waals surface area contributed by atoms with E-state index in [1.807, 2.05) is 37.3 Å². The molecular formula is C15H16O4S. The maximum absolute atomic E-state index is 11.8. The number of carbonyl (C=O) groups is 2. The second-order valence-corrected chi connectivity index (χ2v) is 6.60. The normalized spacial score (nSPS) is 22.2. The zero-order valence-electron chi connectivity index (χ0n) is 11.2. The predicted octanol–water partition coefficient (Wildman–Crippen LogP) is 2.64. The molecule has 2 rings (SSSR count). The van der Waals surface area contributed by atoms with Crippen molar-refractivity contribution in [2.75, 3.05) is 6.61 Å². The molecule has 0 amide bonds. The highest BCUT2D eigenvalue weighted by Gasteiger charge is 2.34. The summed E-state index contributed by atoms with van der Waals surface area (Å²) < 4.78 is 4.87. The number of ether oxygens (including phenoxy) is 1. The van der Waals surface area contributed by atoms with Crippen LogP contribution in [0.4, 0.5) is 0 Å². The van der Waals surface area contributed by atoms with Gasteiger partial charge in [0.15, 0.2) is 6.61 Å². The van der Waals surface area contributed by atoms with E-state index >= 15 is 0 Å². The third-order valence-corrected chi connectivity index (χ3v) is 4.08. The standard InChI is InChI=1S/C15H16O4S/c1-15(8-11-5-3-2-4-6-11)9-12(7-14(18)20-15)19-10-13(16)17/h2-7H,8-10H2,1H3,(H,16,17)/t15-/m0/s1. The molecule has 0 aliphatic carbocycles. The van der Waals surface area contributed by atoms with Gasteiger partial charge in [-0.1, -0.05) is 42.1 Å². The van der Waals surface area contributed by atoms with Crippen LogP contribution < -0.4 is 0 Å². The quantitative estimate of drug-likeness (QED) is 0.904. The van der Waals surface area contributed by atoms with Gasteiger partial charge in [0.1, 0.15) is 5.76 Å². The third-order valence-electron chi connectivity index (χ3n) is 2.98. The van der Waals surface area contributed by atoms with Crippen LogP contribution in [0.15, 0.2) is 42.2 Å². The zero-order chi connectivity index (χ0) is 14.6. The first-order valence-electron chi connectivity index (χ1n) is 6.29. The molecule has 0 saturated heterocycles. The smallest absolute Gasteiger partial charge is 0.341 e. The summed E-state index contributed by atoms with van der Waals surface area (Å²) in [5.74, 6) is -0.587. The van der Waals surface area contributed by atoms with Crippen LogP contribution in [0, 0.1) is 0 Å². The Labute approximate surface area is 121 Å². The number of carbonyl (C=O) groups excluding carboxylic acids is 1. The maximum Gasteiger partial charge on any atom is 0.341 e. The minimum atomic E-state index is -1.04. The van der Waals surface area contributed by atoms with Gasteiger partial charge in [0.05, 0.1) is 0 Å². The fraction of sp³-hybridized carbons (Fsp3) is 0.333. The van der Waals surface area contributed by atoms with Crippen molar-refractivity contribution in [3.8, 4) is 0 Å². The molecule has 1 heterocycles. The second kappa shape index (κ2) is 6.13. The van der Waals surface area contributed by atoms with Crippen molar-refractivity contribution in [1.82, 2.24) is 0 Å². The Hall–Kier alpha value is -1.75. The molecule has 0 unspecified atom stereocenters. The molecule has 0 radical (unpaired) electrons. The highest BCUT2D eigenvalue weighted by atomic mass is 32.2. The van der Waals surface area contributed by atoms with Gasteiger partial charge >= 0.3 is 5.97 Å². The number of carboxylic acids is 1. The lowest BCUT2D eigenvalue weighted by molar-refractivity contribution is -0.141. The number of hydrogen-bond donors (Lipinski definition) is 1. The third kappa shape index (κ3) is 4.13. The van der Waals surface area contributed by atoms with Crippen LogP contribution in [0.5, 0.6) is 0 Å². The molecule has 0 aromatic heterocycles. The summed E-state index contributed by atoms with van der Waals surface area (Å²) >= 11 is 1.28. The molecule has 0 bridgehead atoms. The van der Waals surface area contributed by atoms with Gasteiger partial charge in [0.2, 0.25) is 5.12 Å². The van der Waals surface area contributed by atoms with Crippen LogP contribution in [-0.2, 0) is 20.7 Å². The Bertz CT molecular complexity index is 538. The summed E-state index contributed by atoms with van der Waals surface area (Å²) in [6.07, 6.45) is 2.67. The predicted molar refractivity (Wildman–Crippen MR) is 77.4 cm³/mol. The van der Waals surface area contributed by atoms with E-state index in [0.717, 1.165) is 12.0 Å². The summed E-state index contributed by atoms with van der Waals surface area (Å²) in [5, 5.41) is 8.55. The number of carboxylic acid groups (broad SMARTS) is 1. The number of thioether (sulfide) groups is 1. The average Bonchev–Trinajstić information content (AvgIpc) is 2.36. The van der Waals surface area contributed by atoms with E-state index in [1.165, 1.54) is 17.8 Å².